The van der Waals surface area contributed by atoms with Crippen LogP contribution >= 0.6 is 11.6 Å². The van der Waals surface area contributed by atoms with E-state index in [1.807, 2.05) is 32.0 Å². The van der Waals surface area contributed by atoms with Gasteiger partial charge in [0.25, 0.3) is 5.91 Å². The maximum absolute atomic E-state index is 12.6. The first kappa shape index (κ1) is 16.7. The van der Waals surface area contributed by atoms with Gasteiger partial charge in [-0.1, -0.05) is 11.6 Å². The topological polar surface area (TPSA) is 71.0 Å². The largest absolute Gasteiger partial charge is 0.351 e. The molecule has 6 nitrogen and oxygen atoms in total. The van der Waals surface area contributed by atoms with Crippen LogP contribution in [0.3, 0.4) is 0 Å². The van der Waals surface area contributed by atoms with E-state index in [4.69, 9.17) is 11.6 Å². The minimum absolute atomic E-state index is 0.0784. The van der Waals surface area contributed by atoms with Crippen molar-refractivity contribution in [2.45, 2.75) is 19.9 Å². The van der Waals surface area contributed by atoms with Crippen LogP contribution in [-0.4, -0.2) is 40.2 Å². The SMILES string of the molecule is Cc1nnc2ccc(C(=O)NC3CN(c4ncccc4Cl)C3)cc2c1C. The maximum atomic E-state index is 12.6. The van der Waals surface area contributed by atoms with E-state index < -0.39 is 0 Å². The fourth-order valence-electron chi connectivity index (χ4n) is 3.09. The molecule has 1 fully saturated rings. The molecule has 0 unspecified atom stereocenters. The number of aryl methyl sites for hydroxylation is 2. The Bertz CT molecular complexity index is 1000. The first-order valence-electron chi connectivity index (χ1n) is 8.43. The Balaban J connectivity index is 1.46. The molecule has 3 heterocycles. The van der Waals surface area contributed by atoms with Gasteiger partial charge in [0.05, 0.1) is 22.3 Å². The highest BCUT2D eigenvalue weighted by atomic mass is 35.5. The number of fused-ring (bicyclic) bond motifs is 1. The van der Waals surface area contributed by atoms with Crippen LogP contribution in [0.25, 0.3) is 10.9 Å². The van der Waals surface area contributed by atoms with Crippen molar-refractivity contribution in [2.24, 2.45) is 0 Å². The van der Waals surface area contributed by atoms with Gasteiger partial charge in [0.1, 0.15) is 5.82 Å². The van der Waals surface area contributed by atoms with Gasteiger partial charge in [-0.3, -0.25) is 4.79 Å². The van der Waals surface area contributed by atoms with E-state index in [2.05, 4.69) is 25.4 Å². The number of rotatable bonds is 3. The molecular formula is C19H18ClN5O. The molecule has 1 aromatic carbocycles. The molecule has 0 aliphatic carbocycles. The Morgan fingerprint density at radius 3 is 2.81 bits per heavy atom. The second-order valence-corrected chi connectivity index (χ2v) is 6.93. The molecule has 1 aliphatic rings. The Labute approximate surface area is 156 Å². The summed E-state index contributed by atoms with van der Waals surface area (Å²) in [6.07, 6.45) is 1.72. The molecule has 0 atom stereocenters. The number of carbonyl (C=O) groups is 1. The Morgan fingerprint density at radius 2 is 2.04 bits per heavy atom. The zero-order chi connectivity index (χ0) is 18.3. The van der Waals surface area contributed by atoms with Crippen LogP contribution in [0.5, 0.6) is 0 Å². The van der Waals surface area contributed by atoms with Crippen molar-refractivity contribution >= 4 is 34.2 Å². The second kappa shape index (κ2) is 6.53. The second-order valence-electron chi connectivity index (χ2n) is 6.53. The molecule has 1 N–H and O–H groups in total. The fourth-order valence-corrected chi connectivity index (χ4v) is 3.33. The van der Waals surface area contributed by atoms with Gasteiger partial charge in [-0.15, -0.1) is 0 Å². The van der Waals surface area contributed by atoms with E-state index in [1.165, 1.54) is 0 Å². The molecule has 3 aromatic rings. The molecule has 0 bridgehead atoms. The lowest BCUT2D eigenvalue weighted by Crippen LogP contribution is -2.59. The molecule has 132 valence electrons. The molecule has 0 radical (unpaired) electrons. The lowest BCUT2D eigenvalue weighted by atomic mass is 10.0. The van der Waals surface area contributed by atoms with E-state index in [9.17, 15) is 4.79 Å². The first-order chi connectivity index (χ1) is 12.5. The van der Waals surface area contributed by atoms with Crippen molar-refractivity contribution in [3.63, 3.8) is 0 Å². The summed E-state index contributed by atoms with van der Waals surface area (Å²) in [6.45, 7) is 5.30. The smallest absolute Gasteiger partial charge is 0.251 e. The van der Waals surface area contributed by atoms with Gasteiger partial charge in [-0.05, 0) is 49.7 Å². The van der Waals surface area contributed by atoms with Crippen molar-refractivity contribution in [2.75, 3.05) is 18.0 Å². The maximum Gasteiger partial charge on any atom is 0.251 e. The predicted molar refractivity (Wildman–Crippen MR) is 102 cm³/mol. The molecule has 0 spiro atoms. The quantitative estimate of drug-likeness (QED) is 0.770. The highest BCUT2D eigenvalue weighted by Gasteiger charge is 2.30. The number of anilines is 1. The van der Waals surface area contributed by atoms with Crippen LogP contribution in [-0.2, 0) is 0 Å². The summed E-state index contributed by atoms with van der Waals surface area (Å²) in [6, 6.07) is 9.21. The van der Waals surface area contributed by atoms with E-state index in [-0.39, 0.29) is 11.9 Å². The highest BCUT2D eigenvalue weighted by Crippen LogP contribution is 2.26. The summed E-state index contributed by atoms with van der Waals surface area (Å²) in [5.74, 6) is 0.674. The number of pyridine rings is 1. The molecule has 1 saturated heterocycles. The van der Waals surface area contributed by atoms with Crippen molar-refractivity contribution < 1.29 is 4.79 Å². The zero-order valence-electron chi connectivity index (χ0n) is 14.5. The van der Waals surface area contributed by atoms with Crippen molar-refractivity contribution in [3.8, 4) is 0 Å². The molecular weight excluding hydrogens is 350 g/mol. The van der Waals surface area contributed by atoms with Gasteiger partial charge < -0.3 is 10.2 Å². The third-order valence-corrected chi connectivity index (χ3v) is 5.06. The average molecular weight is 368 g/mol. The molecule has 2 aromatic heterocycles. The molecule has 1 aliphatic heterocycles. The van der Waals surface area contributed by atoms with Crippen LogP contribution in [0.4, 0.5) is 5.82 Å². The third-order valence-electron chi connectivity index (χ3n) is 4.77. The number of hydrogen-bond acceptors (Lipinski definition) is 5. The normalized spacial score (nSPS) is 14.3. The van der Waals surface area contributed by atoms with Crippen LogP contribution < -0.4 is 10.2 Å². The lowest BCUT2D eigenvalue weighted by Gasteiger charge is -2.40. The molecule has 4 rings (SSSR count). The molecule has 0 saturated carbocycles. The summed E-state index contributed by atoms with van der Waals surface area (Å²) in [4.78, 5) is 18.9. The van der Waals surface area contributed by atoms with Crippen LogP contribution in [0, 0.1) is 13.8 Å². The Kier molecular flexibility index (Phi) is 4.20. The van der Waals surface area contributed by atoms with E-state index in [0.29, 0.717) is 23.7 Å². The minimum Gasteiger partial charge on any atom is -0.351 e. The van der Waals surface area contributed by atoms with Crippen molar-refractivity contribution in [1.29, 1.82) is 0 Å². The monoisotopic (exact) mass is 367 g/mol. The van der Waals surface area contributed by atoms with Crippen molar-refractivity contribution in [1.82, 2.24) is 20.5 Å². The van der Waals surface area contributed by atoms with E-state index in [0.717, 1.165) is 28.0 Å². The van der Waals surface area contributed by atoms with Gasteiger partial charge in [-0.2, -0.15) is 10.2 Å². The van der Waals surface area contributed by atoms with Crippen LogP contribution in [0.1, 0.15) is 21.6 Å². The standard InChI is InChI=1S/C19H18ClN5O/c1-11-12(2)23-24-17-6-5-13(8-15(11)17)19(26)22-14-9-25(10-14)18-16(20)4-3-7-21-18/h3-8,14H,9-10H2,1-2H3,(H,22,26). The zero-order valence-corrected chi connectivity index (χ0v) is 15.3. The molecule has 26 heavy (non-hydrogen) atoms. The number of carbonyl (C=O) groups excluding carboxylic acids is 1. The summed E-state index contributed by atoms with van der Waals surface area (Å²) in [5, 5.41) is 12.9. The van der Waals surface area contributed by atoms with E-state index in [1.54, 1.807) is 18.3 Å². The number of nitrogens with zero attached hydrogens (tertiary/aromatic N) is 4. The summed E-state index contributed by atoms with van der Waals surface area (Å²) < 4.78 is 0. The minimum atomic E-state index is -0.0856. The molecule has 7 heteroatoms. The fraction of sp³-hybridized carbons (Fsp3) is 0.263. The lowest BCUT2D eigenvalue weighted by molar-refractivity contribution is 0.0930. The van der Waals surface area contributed by atoms with Gasteiger partial charge in [0, 0.05) is 30.2 Å². The third kappa shape index (κ3) is 2.97. The first-order valence-corrected chi connectivity index (χ1v) is 8.80. The Hall–Kier alpha value is -2.73. The highest BCUT2D eigenvalue weighted by molar-refractivity contribution is 6.32. The number of hydrogen-bond donors (Lipinski definition) is 1. The number of halogens is 1. The predicted octanol–water partition coefficient (Wildman–Crippen LogP) is 2.91. The number of aromatic nitrogens is 3. The summed E-state index contributed by atoms with van der Waals surface area (Å²) in [5.41, 5.74) is 3.34. The average Bonchev–Trinajstić information content (AvgIpc) is 2.61. The number of amides is 1. The summed E-state index contributed by atoms with van der Waals surface area (Å²) in [7, 11) is 0. The Morgan fingerprint density at radius 1 is 1.23 bits per heavy atom. The van der Waals surface area contributed by atoms with Crippen LogP contribution in [0.2, 0.25) is 5.02 Å². The van der Waals surface area contributed by atoms with Gasteiger partial charge in [0.15, 0.2) is 0 Å². The summed E-state index contributed by atoms with van der Waals surface area (Å²) >= 11 is 6.16. The van der Waals surface area contributed by atoms with E-state index >= 15 is 0 Å². The van der Waals surface area contributed by atoms with Crippen LogP contribution in [0.15, 0.2) is 36.5 Å². The number of nitrogens with one attached hydrogen (secondary N) is 1. The van der Waals surface area contributed by atoms with Crippen molar-refractivity contribution in [3.05, 3.63) is 58.4 Å². The molecule has 1 amide bonds. The van der Waals surface area contributed by atoms with Gasteiger partial charge in [0.2, 0.25) is 0 Å². The van der Waals surface area contributed by atoms with Gasteiger partial charge >= 0.3 is 0 Å². The van der Waals surface area contributed by atoms with Gasteiger partial charge in [-0.25, -0.2) is 4.98 Å². The number of benzene rings is 1.